The Balaban J connectivity index is 2.37. The van der Waals surface area contributed by atoms with Crippen molar-refractivity contribution in [3.05, 3.63) is 53.1 Å². The molecule has 0 saturated heterocycles. The number of sulfonamides is 1. The average molecular weight is 402 g/mol. The molecule has 0 spiro atoms. The zero-order valence-corrected chi connectivity index (χ0v) is 13.6. The van der Waals surface area contributed by atoms with Gasteiger partial charge in [0.15, 0.2) is 0 Å². The van der Waals surface area contributed by atoms with E-state index in [9.17, 15) is 30.4 Å². The highest BCUT2D eigenvalue weighted by Gasteiger charge is 2.32. The number of benzene rings is 2. The first-order valence-electron chi connectivity index (χ1n) is 6.43. The van der Waals surface area contributed by atoms with E-state index in [-0.39, 0.29) is 11.4 Å². The van der Waals surface area contributed by atoms with Crippen molar-refractivity contribution in [2.24, 2.45) is 0 Å². The van der Waals surface area contributed by atoms with Gasteiger partial charge in [0.25, 0.3) is 10.0 Å². The Morgan fingerprint density at radius 2 is 1.76 bits per heavy atom. The van der Waals surface area contributed by atoms with Crippen LogP contribution in [0.25, 0.3) is 0 Å². The number of ether oxygens (including phenoxy) is 1. The Morgan fingerprint density at radius 3 is 2.36 bits per heavy atom. The fourth-order valence-electron chi connectivity index (χ4n) is 1.83. The predicted octanol–water partition coefficient (Wildman–Crippen LogP) is 4.76. The van der Waals surface area contributed by atoms with Gasteiger partial charge in [-0.05, 0) is 30.3 Å². The SMILES string of the molecule is O=S(=O)(Nc1cccc(OC(F)F)c1)c1cc(C(F)(F)F)ccc1Cl. The van der Waals surface area contributed by atoms with Crippen LogP contribution in [0.4, 0.5) is 27.6 Å². The summed E-state index contributed by atoms with van der Waals surface area (Å²) in [5.74, 6) is -0.328. The Kier molecular flexibility index (Phi) is 5.43. The average Bonchev–Trinajstić information content (AvgIpc) is 2.45. The summed E-state index contributed by atoms with van der Waals surface area (Å²) in [5, 5.41) is -0.430. The lowest BCUT2D eigenvalue weighted by Gasteiger charge is -2.13. The van der Waals surface area contributed by atoms with Crippen LogP contribution in [0.2, 0.25) is 5.02 Å². The van der Waals surface area contributed by atoms with Crippen molar-refractivity contribution in [3.63, 3.8) is 0 Å². The van der Waals surface area contributed by atoms with Gasteiger partial charge in [-0.1, -0.05) is 17.7 Å². The Bertz CT molecular complexity index is 871. The van der Waals surface area contributed by atoms with Gasteiger partial charge in [0.2, 0.25) is 0 Å². The van der Waals surface area contributed by atoms with Gasteiger partial charge in [-0.3, -0.25) is 4.72 Å². The molecule has 136 valence electrons. The Hall–Kier alpha value is -2.07. The second-order valence-electron chi connectivity index (χ2n) is 4.65. The van der Waals surface area contributed by atoms with Crippen LogP contribution in [0.1, 0.15) is 5.56 Å². The lowest BCUT2D eigenvalue weighted by atomic mass is 10.2. The summed E-state index contributed by atoms with van der Waals surface area (Å²) in [6.45, 7) is -3.12. The van der Waals surface area contributed by atoms with E-state index in [1.54, 1.807) is 0 Å². The number of halogens is 6. The van der Waals surface area contributed by atoms with E-state index < -0.39 is 38.3 Å². The van der Waals surface area contributed by atoms with E-state index in [0.717, 1.165) is 18.2 Å². The lowest BCUT2D eigenvalue weighted by molar-refractivity contribution is -0.137. The van der Waals surface area contributed by atoms with Crippen molar-refractivity contribution >= 4 is 27.3 Å². The number of rotatable bonds is 5. The zero-order chi connectivity index (χ0) is 18.8. The smallest absolute Gasteiger partial charge is 0.416 e. The number of anilines is 1. The second-order valence-corrected chi connectivity index (χ2v) is 6.71. The standard InChI is InChI=1S/C14H9ClF5NO3S/c15-11-5-4-8(14(18,19)20)6-12(11)25(22,23)21-9-2-1-3-10(7-9)24-13(16)17/h1-7,13,21H. The first-order valence-corrected chi connectivity index (χ1v) is 8.29. The van der Waals surface area contributed by atoms with Crippen molar-refractivity contribution in [3.8, 4) is 5.75 Å². The third-order valence-corrected chi connectivity index (χ3v) is 4.72. The minimum atomic E-state index is -4.76. The Morgan fingerprint density at radius 1 is 1.08 bits per heavy atom. The molecule has 0 atom stereocenters. The quantitative estimate of drug-likeness (QED) is 0.735. The molecule has 2 aromatic carbocycles. The van der Waals surface area contributed by atoms with Gasteiger partial charge in [-0.15, -0.1) is 0 Å². The van der Waals surface area contributed by atoms with Crippen molar-refractivity contribution in [2.75, 3.05) is 4.72 Å². The topological polar surface area (TPSA) is 55.4 Å². The second kappa shape index (κ2) is 7.04. The highest BCUT2D eigenvalue weighted by atomic mass is 35.5. The third-order valence-electron chi connectivity index (χ3n) is 2.86. The molecule has 2 aromatic rings. The van der Waals surface area contributed by atoms with Crippen LogP contribution in [-0.2, 0) is 16.2 Å². The number of hydrogen-bond acceptors (Lipinski definition) is 3. The van der Waals surface area contributed by atoms with Crippen LogP contribution in [0, 0.1) is 0 Å². The van der Waals surface area contributed by atoms with E-state index in [1.165, 1.54) is 12.1 Å². The molecule has 11 heteroatoms. The molecule has 4 nitrogen and oxygen atoms in total. The molecule has 0 heterocycles. The van der Waals surface area contributed by atoms with Gasteiger partial charge >= 0.3 is 12.8 Å². The maximum atomic E-state index is 12.7. The highest BCUT2D eigenvalue weighted by Crippen LogP contribution is 2.34. The van der Waals surface area contributed by atoms with Crippen LogP contribution in [0.3, 0.4) is 0 Å². The van der Waals surface area contributed by atoms with Crippen LogP contribution in [0.5, 0.6) is 5.75 Å². The van der Waals surface area contributed by atoms with E-state index >= 15 is 0 Å². The molecule has 0 amide bonds. The molecule has 0 aromatic heterocycles. The van der Waals surface area contributed by atoms with Crippen LogP contribution in [0.15, 0.2) is 47.4 Å². The van der Waals surface area contributed by atoms with Gasteiger partial charge < -0.3 is 4.74 Å². The van der Waals surface area contributed by atoms with E-state index in [0.29, 0.717) is 12.1 Å². The lowest BCUT2D eigenvalue weighted by Crippen LogP contribution is -2.15. The Labute approximate surface area is 144 Å². The van der Waals surface area contributed by atoms with Crippen molar-refractivity contribution in [1.82, 2.24) is 0 Å². The third kappa shape index (κ3) is 4.95. The van der Waals surface area contributed by atoms with E-state index in [1.807, 2.05) is 4.72 Å². The first-order chi connectivity index (χ1) is 11.5. The molecular formula is C14H9ClF5NO3S. The van der Waals surface area contributed by atoms with Crippen LogP contribution in [-0.4, -0.2) is 15.0 Å². The minimum absolute atomic E-state index is 0.188. The van der Waals surface area contributed by atoms with Gasteiger partial charge in [0.1, 0.15) is 10.6 Å². The number of alkyl halides is 5. The highest BCUT2D eigenvalue weighted by molar-refractivity contribution is 7.92. The number of nitrogens with one attached hydrogen (secondary N) is 1. The summed E-state index contributed by atoms with van der Waals surface area (Å²) >= 11 is 5.69. The molecule has 0 bridgehead atoms. The predicted molar refractivity (Wildman–Crippen MR) is 80.3 cm³/mol. The zero-order valence-electron chi connectivity index (χ0n) is 12.0. The van der Waals surface area contributed by atoms with Crippen LogP contribution >= 0.6 is 11.6 Å². The molecule has 0 aliphatic rings. The van der Waals surface area contributed by atoms with Crippen molar-refractivity contribution < 1.29 is 35.1 Å². The molecule has 1 N–H and O–H groups in total. The van der Waals surface area contributed by atoms with E-state index in [4.69, 9.17) is 11.6 Å². The molecule has 25 heavy (non-hydrogen) atoms. The normalized spacial score (nSPS) is 12.3. The van der Waals surface area contributed by atoms with Gasteiger partial charge in [0, 0.05) is 6.07 Å². The fourth-order valence-corrected chi connectivity index (χ4v) is 3.41. The summed E-state index contributed by atoms with van der Waals surface area (Å²) in [6.07, 6.45) is -4.76. The molecule has 2 rings (SSSR count). The maximum absolute atomic E-state index is 12.7. The monoisotopic (exact) mass is 401 g/mol. The maximum Gasteiger partial charge on any atom is 0.416 e. The number of hydrogen-bond donors (Lipinski definition) is 1. The molecule has 0 aliphatic heterocycles. The summed E-state index contributed by atoms with van der Waals surface area (Å²) in [5.41, 5.74) is -1.39. The van der Waals surface area contributed by atoms with Crippen molar-refractivity contribution in [1.29, 1.82) is 0 Å². The molecule has 0 fully saturated rings. The van der Waals surface area contributed by atoms with Gasteiger partial charge in [-0.2, -0.15) is 22.0 Å². The molecule has 0 unspecified atom stereocenters. The first kappa shape index (κ1) is 19.3. The molecule has 0 radical (unpaired) electrons. The molecule has 0 saturated carbocycles. The van der Waals surface area contributed by atoms with Crippen LogP contribution < -0.4 is 9.46 Å². The summed E-state index contributed by atoms with van der Waals surface area (Å²) in [6, 6.07) is 6.35. The molecular weight excluding hydrogens is 393 g/mol. The summed E-state index contributed by atoms with van der Waals surface area (Å²) in [7, 11) is -4.50. The van der Waals surface area contributed by atoms with Gasteiger partial charge in [-0.25, -0.2) is 8.42 Å². The van der Waals surface area contributed by atoms with E-state index in [2.05, 4.69) is 4.74 Å². The van der Waals surface area contributed by atoms with Crippen molar-refractivity contribution in [2.45, 2.75) is 17.7 Å². The summed E-state index contributed by atoms with van der Waals surface area (Å²) < 4.78 is 93.2. The van der Waals surface area contributed by atoms with Gasteiger partial charge in [0.05, 0.1) is 16.3 Å². The fraction of sp³-hybridized carbons (Fsp3) is 0.143. The largest absolute Gasteiger partial charge is 0.435 e. The molecule has 0 aliphatic carbocycles. The minimum Gasteiger partial charge on any atom is -0.435 e. The summed E-state index contributed by atoms with van der Waals surface area (Å²) in [4.78, 5) is -0.802.